The van der Waals surface area contributed by atoms with Gasteiger partial charge >= 0.3 is 0 Å². The van der Waals surface area contributed by atoms with E-state index in [-0.39, 0.29) is 12.1 Å². The second kappa shape index (κ2) is 14.4. The van der Waals surface area contributed by atoms with Crippen LogP contribution in [0.25, 0.3) is 38.7 Å². The summed E-state index contributed by atoms with van der Waals surface area (Å²) in [4.78, 5) is 5.20. The summed E-state index contributed by atoms with van der Waals surface area (Å²) in [6.45, 7) is 0. The first-order valence-electron chi connectivity index (χ1n) is 19.6. The van der Waals surface area contributed by atoms with Crippen molar-refractivity contribution in [3.63, 3.8) is 0 Å². The van der Waals surface area contributed by atoms with Crippen LogP contribution < -0.4 is 5.32 Å². The molecular weight excluding hydrogens is 669 g/mol. The minimum absolute atomic E-state index is 0.172. The van der Waals surface area contributed by atoms with Gasteiger partial charge in [-0.2, -0.15) is 5.10 Å². The van der Waals surface area contributed by atoms with Crippen LogP contribution in [0.1, 0.15) is 72.0 Å². The molecule has 0 fully saturated rings. The first-order valence-corrected chi connectivity index (χ1v) is 19.6. The third-order valence-corrected chi connectivity index (χ3v) is 11.4. The largest absolute Gasteiger partial charge is 0.360 e. The van der Waals surface area contributed by atoms with Crippen molar-refractivity contribution >= 4 is 33.1 Å². The smallest absolute Gasteiger partial charge is 0.145 e. The van der Waals surface area contributed by atoms with Gasteiger partial charge in [-0.3, -0.25) is 4.99 Å². The van der Waals surface area contributed by atoms with Gasteiger partial charge in [0.15, 0.2) is 0 Å². The average Bonchev–Trinajstić information content (AvgIpc) is 3.73. The summed E-state index contributed by atoms with van der Waals surface area (Å²) in [5.41, 5.74) is 15.5. The molecule has 4 aliphatic rings. The fraction of sp³-hybridized carbons (Fsp3) is 0.137. The van der Waals surface area contributed by atoms with Gasteiger partial charge in [0.1, 0.15) is 6.17 Å². The summed E-state index contributed by atoms with van der Waals surface area (Å²) in [6, 6.07) is 39.2. The van der Waals surface area contributed by atoms with Gasteiger partial charge in [0.25, 0.3) is 0 Å². The van der Waals surface area contributed by atoms with Crippen LogP contribution in [-0.2, 0) is 0 Å². The Hall–Kier alpha value is -6.52. The van der Waals surface area contributed by atoms with Crippen molar-refractivity contribution in [2.24, 2.45) is 4.99 Å². The first-order chi connectivity index (χ1) is 27.3. The second-order valence-corrected chi connectivity index (χ2v) is 14.8. The fourth-order valence-corrected chi connectivity index (χ4v) is 8.60. The number of aromatic nitrogens is 2. The van der Waals surface area contributed by atoms with E-state index >= 15 is 0 Å². The molecule has 0 saturated carbocycles. The number of hydrogen-bond donors (Lipinski definition) is 1. The van der Waals surface area contributed by atoms with Crippen molar-refractivity contribution in [3.8, 4) is 11.3 Å². The van der Waals surface area contributed by atoms with E-state index in [2.05, 4.69) is 186 Å². The van der Waals surface area contributed by atoms with Crippen LogP contribution in [0.3, 0.4) is 0 Å². The molecule has 3 aliphatic carbocycles. The van der Waals surface area contributed by atoms with Gasteiger partial charge < -0.3 is 5.32 Å². The summed E-state index contributed by atoms with van der Waals surface area (Å²) in [7, 11) is 0. The lowest BCUT2D eigenvalue weighted by Crippen LogP contribution is -2.26. The molecule has 2 atom stereocenters. The molecule has 55 heavy (non-hydrogen) atoms. The molecule has 3 heterocycles. The number of rotatable bonds is 7. The van der Waals surface area contributed by atoms with Gasteiger partial charge in [-0.25, -0.2) is 4.52 Å². The Morgan fingerprint density at radius 2 is 1.45 bits per heavy atom. The standard InChI is InChI=1S/C51H42N4/c1-5-15-37(16-6-1)45-34-52-55-49(41-21-11-4-12-22-41)48(43-23-13-14-24-44(43)50(45)55)40-29-25-35(26-30-40)36-27-31-42(32-28-36)51-53-46(38-17-7-2-8-18-38)33-47(54-51)39-19-9-3-10-20-39/h1-2,4-5,7-9,11-15,17-29,31-34,40,51,54H,3,6,10,16,30H2. The van der Waals surface area contributed by atoms with E-state index in [0.29, 0.717) is 0 Å². The number of aliphatic imine (C=N–C) groups is 1. The van der Waals surface area contributed by atoms with E-state index in [0.717, 1.165) is 54.6 Å². The first kappa shape index (κ1) is 33.1. The second-order valence-electron chi connectivity index (χ2n) is 14.8. The zero-order valence-electron chi connectivity index (χ0n) is 30.8. The molecule has 0 saturated heterocycles. The molecule has 0 spiro atoms. The van der Waals surface area contributed by atoms with E-state index in [1.807, 2.05) is 0 Å². The summed E-state index contributed by atoms with van der Waals surface area (Å²) in [5, 5.41) is 11.4. The molecular formula is C51H42N4. The summed E-state index contributed by atoms with van der Waals surface area (Å²) in [6.07, 6.45) is 29.9. The molecule has 10 rings (SSSR count). The summed E-state index contributed by atoms with van der Waals surface area (Å²) >= 11 is 0. The minimum Gasteiger partial charge on any atom is -0.360 e. The predicted molar refractivity (Wildman–Crippen MR) is 229 cm³/mol. The lowest BCUT2D eigenvalue weighted by Gasteiger charge is -2.26. The van der Waals surface area contributed by atoms with Crippen LogP contribution >= 0.6 is 0 Å². The molecule has 0 amide bonds. The van der Waals surface area contributed by atoms with Crippen molar-refractivity contribution in [2.75, 3.05) is 0 Å². The van der Waals surface area contributed by atoms with E-state index in [9.17, 15) is 0 Å². The lowest BCUT2D eigenvalue weighted by molar-refractivity contribution is 0.625. The zero-order valence-corrected chi connectivity index (χ0v) is 30.8. The lowest BCUT2D eigenvalue weighted by atomic mass is 9.83. The Bertz CT molecular complexity index is 2680. The SMILES string of the molecule is C1=CCCC(c2cnn3c(-c4ccccc4)c(C4C=CC(c5ccc(C6N=C(c7ccccc7)C=C(C7=CCCC=C7)N6)cc5)=CC4)c4ccccc4c23)=C1. The van der Waals surface area contributed by atoms with Crippen molar-refractivity contribution in [3.05, 3.63) is 215 Å². The Labute approximate surface area is 322 Å². The minimum atomic E-state index is -0.172. The summed E-state index contributed by atoms with van der Waals surface area (Å²) in [5.74, 6) is 0.197. The van der Waals surface area contributed by atoms with Crippen LogP contribution in [0.2, 0.25) is 0 Å². The number of nitrogens with zero attached hydrogens (tertiary/aromatic N) is 3. The number of benzene rings is 4. The van der Waals surface area contributed by atoms with Crippen LogP contribution in [-0.4, -0.2) is 15.3 Å². The Kier molecular flexibility index (Phi) is 8.64. The highest BCUT2D eigenvalue weighted by molar-refractivity contribution is 6.10. The molecule has 266 valence electrons. The molecule has 4 heteroatoms. The van der Waals surface area contributed by atoms with E-state index < -0.39 is 0 Å². The summed E-state index contributed by atoms with van der Waals surface area (Å²) < 4.78 is 2.22. The van der Waals surface area contributed by atoms with E-state index in [1.165, 1.54) is 61.0 Å². The molecule has 4 nitrogen and oxygen atoms in total. The number of fused-ring (bicyclic) bond motifs is 3. The molecule has 2 aromatic heterocycles. The molecule has 0 bridgehead atoms. The highest BCUT2D eigenvalue weighted by Crippen LogP contribution is 2.44. The van der Waals surface area contributed by atoms with Gasteiger partial charge in [0.2, 0.25) is 0 Å². The average molecular weight is 711 g/mol. The molecule has 4 aromatic carbocycles. The quantitative estimate of drug-likeness (QED) is 0.179. The molecule has 1 N–H and O–H groups in total. The van der Waals surface area contributed by atoms with Gasteiger partial charge in [-0.1, -0.05) is 164 Å². The van der Waals surface area contributed by atoms with Crippen molar-refractivity contribution in [1.29, 1.82) is 0 Å². The molecule has 2 unspecified atom stereocenters. The maximum absolute atomic E-state index is 5.20. The third-order valence-electron chi connectivity index (χ3n) is 11.4. The Morgan fingerprint density at radius 1 is 0.673 bits per heavy atom. The zero-order chi connectivity index (χ0) is 36.6. The van der Waals surface area contributed by atoms with Crippen molar-refractivity contribution < 1.29 is 0 Å². The number of nitrogens with one attached hydrogen (secondary N) is 1. The van der Waals surface area contributed by atoms with Gasteiger partial charge in [0, 0.05) is 28.1 Å². The maximum Gasteiger partial charge on any atom is 0.145 e. The van der Waals surface area contributed by atoms with Gasteiger partial charge in [-0.05, 0) is 82.5 Å². The Morgan fingerprint density at radius 3 is 2.18 bits per heavy atom. The topological polar surface area (TPSA) is 41.7 Å². The maximum atomic E-state index is 5.20. The van der Waals surface area contributed by atoms with E-state index in [4.69, 9.17) is 10.1 Å². The number of allylic oxidation sites excluding steroid dienone is 12. The molecule has 1 aliphatic heterocycles. The van der Waals surface area contributed by atoms with Gasteiger partial charge in [-0.15, -0.1) is 0 Å². The van der Waals surface area contributed by atoms with Gasteiger partial charge in [0.05, 0.1) is 23.1 Å². The van der Waals surface area contributed by atoms with Crippen LogP contribution in [0.5, 0.6) is 0 Å². The molecule has 0 radical (unpaired) electrons. The van der Waals surface area contributed by atoms with Crippen LogP contribution in [0.15, 0.2) is 192 Å². The van der Waals surface area contributed by atoms with Crippen molar-refractivity contribution in [2.45, 2.75) is 44.2 Å². The highest BCUT2D eigenvalue weighted by atomic mass is 15.2. The van der Waals surface area contributed by atoms with Crippen LogP contribution in [0.4, 0.5) is 0 Å². The van der Waals surface area contributed by atoms with E-state index in [1.54, 1.807) is 0 Å². The third kappa shape index (κ3) is 6.24. The fourth-order valence-electron chi connectivity index (χ4n) is 8.60. The number of pyridine rings is 1. The van der Waals surface area contributed by atoms with Crippen LogP contribution in [0, 0.1) is 0 Å². The predicted octanol–water partition coefficient (Wildman–Crippen LogP) is 12.3. The normalized spacial score (nSPS) is 19.4. The number of hydrogen-bond acceptors (Lipinski definition) is 3. The Balaban J connectivity index is 0.982. The highest BCUT2D eigenvalue weighted by Gasteiger charge is 2.26. The van der Waals surface area contributed by atoms with Crippen molar-refractivity contribution in [1.82, 2.24) is 14.9 Å². The monoisotopic (exact) mass is 710 g/mol. The molecule has 6 aromatic rings.